The number of piperazine rings is 1. The second-order valence-electron chi connectivity index (χ2n) is 11.0. The van der Waals surface area contributed by atoms with Crippen LogP contribution in [0.5, 0.6) is 0 Å². The molecule has 0 unspecified atom stereocenters. The molecule has 0 saturated carbocycles. The van der Waals surface area contributed by atoms with E-state index < -0.39 is 17.5 Å². The molecule has 1 aliphatic rings. The maximum atomic E-state index is 14.8. The van der Waals surface area contributed by atoms with Crippen LogP contribution in [0.3, 0.4) is 0 Å². The number of nitrogens with two attached hydrogens (primary N) is 1. The van der Waals surface area contributed by atoms with Crippen molar-refractivity contribution in [3.05, 3.63) is 58.2 Å². The van der Waals surface area contributed by atoms with Crippen LogP contribution in [-0.2, 0) is 13.6 Å². The Morgan fingerprint density at radius 2 is 1.86 bits per heavy atom. The van der Waals surface area contributed by atoms with Crippen LogP contribution in [0, 0.1) is 11.6 Å². The molecule has 5 heterocycles. The molecule has 0 bridgehead atoms. The Morgan fingerprint density at radius 3 is 2.57 bits per heavy atom. The van der Waals surface area contributed by atoms with E-state index in [-0.39, 0.29) is 22.9 Å². The van der Waals surface area contributed by atoms with E-state index >= 15 is 0 Å². The van der Waals surface area contributed by atoms with Gasteiger partial charge in [-0.25, -0.2) is 18.6 Å². The number of nitrogen functional groups attached to an aromatic ring is 1. The lowest BCUT2D eigenvalue weighted by molar-refractivity contribution is 0.0947. The molecule has 0 aliphatic carbocycles. The van der Waals surface area contributed by atoms with E-state index in [2.05, 4.69) is 25.3 Å². The van der Waals surface area contributed by atoms with Gasteiger partial charge in [-0.15, -0.1) is 5.10 Å². The number of likely N-dealkylation sites (N-methyl/N-ethyl adjacent to an activating group) is 1. The van der Waals surface area contributed by atoms with Crippen LogP contribution in [0.15, 0.2) is 39.7 Å². The zero-order valence-corrected chi connectivity index (χ0v) is 24.6. The molecule has 1 saturated heterocycles. The number of imidazole rings is 1. The van der Waals surface area contributed by atoms with E-state index in [0.717, 1.165) is 6.07 Å². The Labute approximate surface area is 250 Å². The number of nitrogens with one attached hydrogen (secondary N) is 1. The van der Waals surface area contributed by atoms with Gasteiger partial charge in [-0.1, -0.05) is 0 Å². The fourth-order valence-electron chi connectivity index (χ4n) is 5.40. The van der Waals surface area contributed by atoms with Crippen LogP contribution in [-0.4, -0.2) is 104 Å². The number of carbonyl (C=O) groups excluding carboxylic acids is 1. The molecule has 14 nitrogen and oxygen atoms in total. The summed E-state index contributed by atoms with van der Waals surface area (Å²) in [6.45, 7) is 3.83. The summed E-state index contributed by atoms with van der Waals surface area (Å²) in [5, 5.41) is 7.07. The number of hydrogen-bond donors (Lipinski definition) is 2. The van der Waals surface area contributed by atoms with Crippen LogP contribution in [0.25, 0.3) is 28.4 Å². The van der Waals surface area contributed by atoms with E-state index in [1.54, 1.807) is 28.6 Å². The highest BCUT2D eigenvalue weighted by Gasteiger charge is 2.25. The highest BCUT2D eigenvalue weighted by atomic mass is 19.1. The van der Waals surface area contributed by atoms with Crippen LogP contribution in [0.1, 0.15) is 10.4 Å². The molecular formula is C28H33F2N11O3. The number of furan rings is 1. The minimum atomic E-state index is -0.900. The maximum absolute atomic E-state index is 14.8. The molecule has 6 rings (SSSR count). The molecular weight excluding hydrogens is 576 g/mol. The Bertz CT molecular complexity index is 1890. The number of benzene rings is 1. The largest absolute Gasteiger partial charge is 0.461 e. The SMILES string of the molecule is CN(C)CCNC(=O)c1cc(N2CCN(CCn3c(=O)n(C)c4c3nc(N)n3nc(-c5ccco5)nc43)CC2)c(F)cc1F. The molecule has 0 spiro atoms. The van der Waals surface area contributed by atoms with Crippen molar-refractivity contribution in [1.82, 2.24) is 43.8 Å². The average molecular weight is 610 g/mol. The first-order valence-corrected chi connectivity index (χ1v) is 14.2. The predicted octanol–water partition coefficient (Wildman–Crippen LogP) is 1.01. The van der Waals surface area contributed by atoms with Gasteiger partial charge in [0.15, 0.2) is 17.1 Å². The van der Waals surface area contributed by atoms with Gasteiger partial charge in [0, 0.05) is 65.5 Å². The molecule has 4 aromatic heterocycles. The van der Waals surface area contributed by atoms with Crippen molar-refractivity contribution in [3.8, 4) is 11.6 Å². The molecule has 1 amide bonds. The molecule has 0 atom stereocenters. The molecule has 1 fully saturated rings. The molecule has 1 aliphatic heterocycles. The zero-order chi connectivity index (χ0) is 31.1. The van der Waals surface area contributed by atoms with Gasteiger partial charge in [0.25, 0.3) is 5.91 Å². The first-order chi connectivity index (χ1) is 21.1. The lowest BCUT2D eigenvalue weighted by Crippen LogP contribution is -2.48. The number of halogens is 2. The molecule has 1 aromatic carbocycles. The predicted molar refractivity (Wildman–Crippen MR) is 160 cm³/mol. The summed E-state index contributed by atoms with van der Waals surface area (Å²) in [5.74, 6) is -1.34. The summed E-state index contributed by atoms with van der Waals surface area (Å²) in [5.41, 5.74) is 7.20. The van der Waals surface area contributed by atoms with Gasteiger partial charge in [-0.05, 0) is 32.3 Å². The van der Waals surface area contributed by atoms with Crippen molar-refractivity contribution in [2.24, 2.45) is 7.05 Å². The third-order valence-electron chi connectivity index (χ3n) is 7.80. The summed E-state index contributed by atoms with van der Waals surface area (Å²) in [6, 6.07) is 5.50. The van der Waals surface area contributed by atoms with Crippen molar-refractivity contribution in [1.29, 1.82) is 0 Å². The van der Waals surface area contributed by atoms with Gasteiger partial charge in [0.2, 0.25) is 11.8 Å². The number of carbonyl (C=O) groups is 1. The smallest absolute Gasteiger partial charge is 0.330 e. The monoisotopic (exact) mass is 609 g/mol. The van der Waals surface area contributed by atoms with Crippen LogP contribution in [0.2, 0.25) is 0 Å². The van der Waals surface area contributed by atoms with E-state index in [9.17, 15) is 18.4 Å². The number of amides is 1. The zero-order valence-electron chi connectivity index (χ0n) is 24.6. The summed E-state index contributed by atoms with van der Waals surface area (Å²) >= 11 is 0. The van der Waals surface area contributed by atoms with Crippen LogP contribution < -0.4 is 21.6 Å². The molecule has 232 valence electrons. The number of aryl methyl sites for hydroxylation is 1. The number of anilines is 2. The average Bonchev–Trinajstić information content (AvgIpc) is 3.72. The van der Waals surface area contributed by atoms with Gasteiger partial charge in [0.05, 0.1) is 17.5 Å². The normalized spacial score (nSPS) is 14.4. The second-order valence-corrected chi connectivity index (χ2v) is 11.0. The van der Waals surface area contributed by atoms with Crippen molar-refractivity contribution in [3.63, 3.8) is 0 Å². The summed E-state index contributed by atoms with van der Waals surface area (Å²) in [7, 11) is 5.38. The lowest BCUT2D eigenvalue weighted by atomic mass is 10.1. The highest BCUT2D eigenvalue weighted by molar-refractivity contribution is 5.95. The molecule has 5 aromatic rings. The van der Waals surface area contributed by atoms with Crippen molar-refractivity contribution < 1.29 is 18.0 Å². The number of aromatic nitrogens is 6. The fourth-order valence-corrected chi connectivity index (χ4v) is 5.40. The summed E-state index contributed by atoms with van der Waals surface area (Å²) in [4.78, 5) is 40.7. The lowest BCUT2D eigenvalue weighted by Gasteiger charge is -2.36. The van der Waals surface area contributed by atoms with Gasteiger partial charge >= 0.3 is 5.69 Å². The van der Waals surface area contributed by atoms with E-state index in [1.807, 2.05) is 19.0 Å². The third-order valence-corrected chi connectivity index (χ3v) is 7.80. The number of rotatable bonds is 9. The Kier molecular flexibility index (Phi) is 7.77. The number of fused-ring (bicyclic) bond motifs is 3. The van der Waals surface area contributed by atoms with E-state index in [0.29, 0.717) is 80.8 Å². The molecule has 44 heavy (non-hydrogen) atoms. The van der Waals surface area contributed by atoms with Crippen molar-refractivity contribution >= 4 is 34.4 Å². The fraction of sp³-hybridized carbons (Fsp3) is 0.393. The van der Waals surface area contributed by atoms with Crippen LogP contribution >= 0.6 is 0 Å². The van der Waals surface area contributed by atoms with Crippen LogP contribution in [0.4, 0.5) is 20.4 Å². The van der Waals surface area contributed by atoms with Gasteiger partial charge < -0.3 is 25.3 Å². The molecule has 3 N–H and O–H groups in total. The van der Waals surface area contributed by atoms with Gasteiger partial charge in [0.1, 0.15) is 17.2 Å². The van der Waals surface area contributed by atoms with Gasteiger partial charge in [-0.3, -0.25) is 18.8 Å². The Morgan fingerprint density at radius 1 is 1.09 bits per heavy atom. The van der Waals surface area contributed by atoms with Crippen molar-refractivity contribution in [2.45, 2.75) is 6.54 Å². The number of nitrogens with zero attached hydrogens (tertiary/aromatic N) is 9. The van der Waals surface area contributed by atoms with Gasteiger partial charge in [-0.2, -0.15) is 9.50 Å². The minimum absolute atomic E-state index is 0.0813. The first-order valence-electron chi connectivity index (χ1n) is 14.2. The van der Waals surface area contributed by atoms with E-state index in [4.69, 9.17) is 10.2 Å². The Hall–Kier alpha value is -4.83. The summed E-state index contributed by atoms with van der Waals surface area (Å²) < 4.78 is 39.1. The molecule has 0 radical (unpaired) electrons. The standard InChI is InChI=1S/C28H33F2N11O3/c1-36(2)7-6-32-26(42)17-15-20(19(30)16-18(17)29)39-11-8-38(9-12-39)10-13-40-24-22(37(3)28(40)43)25-33-23(21-5-4-14-44-21)35-41(25)27(31)34-24/h4-5,14-16H,6-13H2,1-3H3,(H2,31,34)(H,32,42). The summed E-state index contributed by atoms with van der Waals surface area (Å²) in [6.07, 6.45) is 1.52. The first kappa shape index (κ1) is 29.3. The number of hydrogen-bond acceptors (Lipinski definition) is 10. The minimum Gasteiger partial charge on any atom is -0.461 e. The van der Waals surface area contributed by atoms with Crippen molar-refractivity contribution in [2.75, 3.05) is 70.5 Å². The Balaban J connectivity index is 1.15. The quantitative estimate of drug-likeness (QED) is 0.248. The maximum Gasteiger partial charge on any atom is 0.330 e. The topological polar surface area (TPSA) is 148 Å². The highest BCUT2D eigenvalue weighted by Crippen LogP contribution is 2.26. The second kappa shape index (κ2) is 11.7. The molecule has 16 heteroatoms. The third kappa shape index (κ3) is 5.37. The van der Waals surface area contributed by atoms with E-state index in [1.165, 1.54) is 21.4 Å².